The third-order valence-electron chi connectivity index (χ3n) is 3.06. The molecule has 5 nitrogen and oxygen atoms in total. The summed E-state index contributed by atoms with van der Waals surface area (Å²) in [5.74, 6) is 1.07. The minimum Gasteiger partial charge on any atom is -0.416 e. The number of nitrogens with zero attached hydrogens (tertiary/aromatic N) is 2. The molecule has 0 radical (unpaired) electrons. The molecule has 0 aliphatic carbocycles. The molecule has 0 spiro atoms. The average molecular weight is 250 g/mol. The fourth-order valence-electron chi connectivity index (χ4n) is 2.12. The first-order chi connectivity index (χ1) is 9.42. The summed E-state index contributed by atoms with van der Waals surface area (Å²) in [6.07, 6.45) is 0. The second-order valence-corrected chi connectivity index (χ2v) is 4.25. The highest BCUT2D eigenvalue weighted by Gasteiger charge is 2.11. The van der Waals surface area contributed by atoms with Crippen LogP contribution in [0.2, 0.25) is 0 Å². The average Bonchev–Trinajstić information content (AvgIpc) is 3.05. The Labute approximate surface area is 108 Å². The number of rotatable bonds is 2. The first-order valence-corrected chi connectivity index (χ1v) is 5.96. The molecule has 0 atom stereocenters. The van der Waals surface area contributed by atoms with Crippen molar-refractivity contribution >= 4 is 21.8 Å². The Balaban J connectivity index is 1.82. The van der Waals surface area contributed by atoms with Crippen molar-refractivity contribution in [2.24, 2.45) is 0 Å². The van der Waals surface area contributed by atoms with E-state index >= 15 is 0 Å². The van der Waals surface area contributed by atoms with Gasteiger partial charge in [-0.3, -0.25) is 10.2 Å². The van der Waals surface area contributed by atoms with Gasteiger partial charge >= 0.3 is 0 Å². The maximum absolute atomic E-state index is 5.80. The van der Waals surface area contributed by atoms with Crippen molar-refractivity contribution in [2.75, 3.05) is 0 Å². The van der Waals surface area contributed by atoms with Crippen LogP contribution in [0.15, 0.2) is 48.5 Å². The summed E-state index contributed by atoms with van der Waals surface area (Å²) in [4.78, 5) is 0. The molecule has 0 aliphatic heterocycles. The third-order valence-corrected chi connectivity index (χ3v) is 3.06. The second-order valence-electron chi connectivity index (χ2n) is 4.25. The summed E-state index contributed by atoms with van der Waals surface area (Å²) in [6.45, 7) is 0. The summed E-state index contributed by atoms with van der Waals surface area (Å²) in [7, 11) is 0. The van der Waals surface area contributed by atoms with Gasteiger partial charge in [-0.25, -0.2) is 0 Å². The number of hydrogen-bond acceptors (Lipinski definition) is 3. The van der Waals surface area contributed by atoms with Crippen molar-refractivity contribution in [3.05, 3.63) is 48.5 Å². The predicted octanol–water partition coefficient (Wildman–Crippen LogP) is 3.23. The number of H-pyrrole nitrogens is 2. The second kappa shape index (κ2) is 3.84. The highest BCUT2D eigenvalue weighted by Crippen LogP contribution is 2.30. The van der Waals surface area contributed by atoms with Crippen molar-refractivity contribution < 1.29 is 4.74 Å². The SMILES string of the molecule is c1ccc2c(Oc3n[nH]c4ccccc34)n[nH]c2c1. The van der Waals surface area contributed by atoms with Gasteiger partial charge in [-0.05, 0) is 24.3 Å². The Bertz CT molecular complexity index is 790. The van der Waals surface area contributed by atoms with Crippen LogP contribution in [0, 0.1) is 0 Å². The lowest BCUT2D eigenvalue weighted by atomic mass is 10.2. The molecule has 0 aliphatic rings. The number of para-hydroxylation sites is 2. The van der Waals surface area contributed by atoms with Crippen molar-refractivity contribution in [3.8, 4) is 11.8 Å². The van der Waals surface area contributed by atoms with Gasteiger partial charge in [0.1, 0.15) is 0 Å². The van der Waals surface area contributed by atoms with Crippen LogP contribution in [-0.2, 0) is 0 Å². The molecule has 0 amide bonds. The quantitative estimate of drug-likeness (QED) is 0.574. The van der Waals surface area contributed by atoms with Gasteiger partial charge in [-0.2, -0.15) is 0 Å². The van der Waals surface area contributed by atoms with E-state index in [2.05, 4.69) is 20.4 Å². The fourth-order valence-corrected chi connectivity index (χ4v) is 2.12. The van der Waals surface area contributed by atoms with Crippen molar-refractivity contribution in [1.29, 1.82) is 0 Å². The number of nitrogens with one attached hydrogen (secondary N) is 2. The Kier molecular flexibility index (Phi) is 2.05. The molecule has 0 saturated heterocycles. The number of ether oxygens (including phenoxy) is 1. The van der Waals surface area contributed by atoms with Gasteiger partial charge in [0.25, 0.3) is 0 Å². The molecule has 2 aromatic heterocycles. The molecule has 0 bridgehead atoms. The molecule has 2 heterocycles. The smallest absolute Gasteiger partial charge is 0.247 e. The summed E-state index contributed by atoms with van der Waals surface area (Å²) in [5.41, 5.74) is 1.88. The molecule has 2 aromatic carbocycles. The minimum absolute atomic E-state index is 0.535. The normalized spacial score (nSPS) is 11.2. The Morgan fingerprint density at radius 3 is 1.68 bits per heavy atom. The lowest BCUT2D eigenvalue weighted by molar-refractivity contribution is 0.451. The van der Waals surface area contributed by atoms with E-state index in [4.69, 9.17) is 4.74 Å². The Morgan fingerprint density at radius 2 is 1.16 bits per heavy atom. The zero-order chi connectivity index (χ0) is 12.7. The van der Waals surface area contributed by atoms with Crippen LogP contribution in [0.4, 0.5) is 0 Å². The van der Waals surface area contributed by atoms with Crippen LogP contribution in [0.25, 0.3) is 21.8 Å². The van der Waals surface area contributed by atoms with E-state index in [0.717, 1.165) is 21.8 Å². The van der Waals surface area contributed by atoms with E-state index in [-0.39, 0.29) is 0 Å². The maximum Gasteiger partial charge on any atom is 0.247 e. The van der Waals surface area contributed by atoms with Gasteiger partial charge in [0, 0.05) is 0 Å². The lowest BCUT2D eigenvalue weighted by Crippen LogP contribution is -1.85. The van der Waals surface area contributed by atoms with Crippen molar-refractivity contribution in [1.82, 2.24) is 20.4 Å². The van der Waals surface area contributed by atoms with Crippen LogP contribution >= 0.6 is 0 Å². The monoisotopic (exact) mass is 250 g/mol. The van der Waals surface area contributed by atoms with Gasteiger partial charge in [-0.15, -0.1) is 10.2 Å². The molecule has 92 valence electrons. The molecule has 0 saturated carbocycles. The van der Waals surface area contributed by atoms with E-state index in [1.54, 1.807) is 0 Å². The summed E-state index contributed by atoms with van der Waals surface area (Å²) in [6, 6.07) is 15.6. The van der Waals surface area contributed by atoms with Gasteiger partial charge in [-0.1, -0.05) is 24.3 Å². The van der Waals surface area contributed by atoms with Gasteiger partial charge < -0.3 is 4.74 Å². The van der Waals surface area contributed by atoms with Crippen LogP contribution < -0.4 is 4.74 Å². The number of hydrogen-bond donors (Lipinski definition) is 2. The standard InChI is InChI=1S/C14H10N4O/c1-3-7-11-9(5-1)13(17-15-11)19-14-10-6-2-4-8-12(10)16-18-14/h1-8H,(H,15,17)(H,16,18). The van der Waals surface area contributed by atoms with E-state index in [9.17, 15) is 0 Å². The maximum atomic E-state index is 5.80. The molecular weight excluding hydrogens is 240 g/mol. The first-order valence-electron chi connectivity index (χ1n) is 5.96. The van der Waals surface area contributed by atoms with Gasteiger partial charge in [0.05, 0.1) is 21.8 Å². The topological polar surface area (TPSA) is 66.6 Å². The predicted molar refractivity (Wildman–Crippen MR) is 72.3 cm³/mol. The van der Waals surface area contributed by atoms with E-state index in [1.807, 2.05) is 48.5 Å². The third kappa shape index (κ3) is 1.55. The van der Waals surface area contributed by atoms with E-state index in [1.165, 1.54) is 0 Å². The van der Waals surface area contributed by atoms with E-state index < -0.39 is 0 Å². The number of aromatic nitrogens is 4. The van der Waals surface area contributed by atoms with Crippen molar-refractivity contribution in [3.63, 3.8) is 0 Å². The van der Waals surface area contributed by atoms with Crippen molar-refractivity contribution in [2.45, 2.75) is 0 Å². The Morgan fingerprint density at radius 1 is 0.684 bits per heavy atom. The lowest BCUT2D eigenvalue weighted by Gasteiger charge is -1.98. The number of benzene rings is 2. The van der Waals surface area contributed by atoms with E-state index in [0.29, 0.717) is 11.8 Å². The number of fused-ring (bicyclic) bond motifs is 2. The molecule has 4 aromatic rings. The zero-order valence-corrected chi connectivity index (χ0v) is 9.92. The molecule has 19 heavy (non-hydrogen) atoms. The molecule has 2 N–H and O–H groups in total. The highest BCUT2D eigenvalue weighted by molar-refractivity contribution is 5.86. The molecule has 0 fully saturated rings. The molecule has 0 unspecified atom stereocenters. The first kappa shape index (κ1) is 10.1. The Hall–Kier alpha value is -2.82. The molecule has 5 heteroatoms. The fraction of sp³-hybridized carbons (Fsp3) is 0. The number of aromatic amines is 2. The molecular formula is C14H10N4O. The summed E-state index contributed by atoms with van der Waals surface area (Å²) >= 11 is 0. The van der Waals surface area contributed by atoms with Gasteiger partial charge in [0.15, 0.2) is 0 Å². The summed E-state index contributed by atoms with van der Waals surface area (Å²) in [5, 5.41) is 16.1. The summed E-state index contributed by atoms with van der Waals surface area (Å²) < 4.78 is 5.80. The van der Waals surface area contributed by atoms with Crippen LogP contribution in [0.3, 0.4) is 0 Å². The molecule has 4 rings (SSSR count). The van der Waals surface area contributed by atoms with Gasteiger partial charge in [0.2, 0.25) is 11.8 Å². The highest BCUT2D eigenvalue weighted by atomic mass is 16.5. The largest absolute Gasteiger partial charge is 0.416 e. The van der Waals surface area contributed by atoms with Crippen LogP contribution in [0.5, 0.6) is 11.8 Å². The minimum atomic E-state index is 0.535. The van der Waals surface area contributed by atoms with Crippen LogP contribution in [-0.4, -0.2) is 20.4 Å². The zero-order valence-electron chi connectivity index (χ0n) is 9.92. The van der Waals surface area contributed by atoms with Crippen LogP contribution in [0.1, 0.15) is 0 Å².